The maximum Gasteiger partial charge on any atom is 0.306 e. The summed E-state index contributed by atoms with van der Waals surface area (Å²) < 4.78 is 47.2. The van der Waals surface area contributed by atoms with Gasteiger partial charge in [0.1, 0.15) is 6.10 Å². The van der Waals surface area contributed by atoms with Crippen molar-refractivity contribution < 1.29 is 63.5 Å². The molecule has 9 aliphatic rings. The Morgan fingerprint density at radius 2 is 1.66 bits per heavy atom. The number of ether oxygens (including phenoxy) is 7. The number of rotatable bonds is 9. The SMILES string of the molecule is C=C(C[C@]12C[C@@H](C)C[C@@H](O1)[C@@H]1C[C@]3(C[C@H]1O2)NC[C@H](C)C[C@@H]3C)[C@H]1O[C@@](O)([C@H](O)C2C[C@H]3O[C@@]4(CC[C@]5(CC=C[C@H](C=C[C@H](O)CC(=O)O)O5)O4)[C@H](C)C[C@H]3O2)[C@H](C)[C@H](O)[C@@H]1C. The van der Waals surface area contributed by atoms with Crippen LogP contribution in [0.1, 0.15) is 119 Å². The Hall–Kier alpha value is -1.79. The minimum absolute atomic E-state index is 0.0507. The lowest BCUT2D eigenvalue weighted by atomic mass is 9.73. The number of nitrogens with one attached hydrogen (secondary N) is 1. The molecular weight excluding hydrogens is 799 g/mol. The first-order chi connectivity index (χ1) is 29.3. The van der Waals surface area contributed by atoms with Gasteiger partial charge in [-0.2, -0.15) is 0 Å². The van der Waals surface area contributed by atoms with Crippen molar-refractivity contribution in [3.8, 4) is 0 Å². The number of aliphatic carboxylic acids is 1. The van der Waals surface area contributed by atoms with Crippen molar-refractivity contribution >= 4 is 5.97 Å². The minimum Gasteiger partial charge on any atom is -0.481 e. The summed E-state index contributed by atoms with van der Waals surface area (Å²) in [6.45, 7) is 18.2. The van der Waals surface area contributed by atoms with Gasteiger partial charge in [0, 0.05) is 67.7 Å². The topological polar surface area (TPSA) is 195 Å². The van der Waals surface area contributed by atoms with E-state index in [1.807, 2.05) is 19.1 Å². The molecule has 8 fully saturated rings. The van der Waals surface area contributed by atoms with Crippen LogP contribution in [0.15, 0.2) is 36.5 Å². The molecule has 3 spiro atoms. The lowest BCUT2D eigenvalue weighted by Gasteiger charge is -2.54. The Balaban J connectivity index is 0.859. The zero-order chi connectivity index (χ0) is 44.1. The maximum absolute atomic E-state index is 12.4. The van der Waals surface area contributed by atoms with Gasteiger partial charge in [-0.3, -0.25) is 4.79 Å². The summed E-state index contributed by atoms with van der Waals surface area (Å²) in [5.74, 6) is -5.52. The van der Waals surface area contributed by atoms with E-state index >= 15 is 0 Å². The summed E-state index contributed by atoms with van der Waals surface area (Å²) in [4.78, 5) is 11.0. The number of aliphatic hydroxyl groups excluding tert-OH is 3. The van der Waals surface area contributed by atoms with E-state index in [2.05, 4.69) is 39.6 Å². The molecule has 8 aliphatic heterocycles. The van der Waals surface area contributed by atoms with E-state index in [9.17, 15) is 25.2 Å². The number of carboxylic acids is 1. The van der Waals surface area contributed by atoms with Crippen molar-refractivity contribution in [1.29, 1.82) is 0 Å². The zero-order valence-electron chi connectivity index (χ0n) is 37.5. The molecule has 8 heterocycles. The average Bonchev–Trinajstić information content (AvgIpc) is 3.89. The van der Waals surface area contributed by atoms with E-state index in [0.29, 0.717) is 67.8 Å². The van der Waals surface area contributed by atoms with Crippen LogP contribution in [0.25, 0.3) is 0 Å². The van der Waals surface area contributed by atoms with Gasteiger partial charge in [-0.15, -0.1) is 0 Å². The Kier molecular flexibility index (Phi) is 12.1. The fourth-order valence-corrected chi connectivity index (χ4v) is 13.5. The molecule has 7 saturated heterocycles. The van der Waals surface area contributed by atoms with Crippen LogP contribution in [-0.2, 0) is 38.0 Å². The fourth-order valence-electron chi connectivity index (χ4n) is 13.5. The molecule has 1 aliphatic carbocycles. The molecule has 2 bridgehead atoms. The molecule has 0 aromatic carbocycles. The number of carbonyl (C=O) groups is 1. The van der Waals surface area contributed by atoms with Gasteiger partial charge in [-0.05, 0) is 62.0 Å². The number of hydrogen-bond acceptors (Lipinski definition) is 13. The Morgan fingerprint density at radius 3 is 2.42 bits per heavy atom. The van der Waals surface area contributed by atoms with Crippen LogP contribution < -0.4 is 5.32 Å². The molecule has 62 heavy (non-hydrogen) atoms. The highest BCUT2D eigenvalue weighted by molar-refractivity contribution is 5.67. The van der Waals surface area contributed by atoms with Crippen LogP contribution >= 0.6 is 0 Å². The number of piperidine rings is 1. The van der Waals surface area contributed by atoms with Gasteiger partial charge in [-0.25, -0.2) is 0 Å². The predicted octanol–water partition coefficient (Wildman–Crippen LogP) is 4.86. The maximum atomic E-state index is 12.4. The first kappa shape index (κ1) is 45.4. The van der Waals surface area contributed by atoms with Crippen LogP contribution in [0.5, 0.6) is 0 Å². The molecule has 348 valence electrons. The third-order valence-electron chi connectivity index (χ3n) is 17.0. The zero-order valence-corrected chi connectivity index (χ0v) is 37.5. The lowest BCUT2D eigenvalue weighted by Crippen LogP contribution is -2.65. The largest absolute Gasteiger partial charge is 0.481 e. The van der Waals surface area contributed by atoms with Crippen LogP contribution in [-0.4, -0.2) is 128 Å². The van der Waals surface area contributed by atoms with E-state index in [0.717, 1.165) is 25.8 Å². The normalized spacial score (nSPS) is 53.3. The van der Waals surface area contributed by atoms with Crippen LogP contribution in [0.4, 0.5) is 0 Å². The Bertz CT molecular complexity index is 1760. The molecular formula is C48H73NO13. The van der Waals surface area contributed by atoms with Crippen molar-refractivity contribution in [3.63, 3.8) is 0 Å². The predicted molar refractivity (Wildman–Crippen MR) is 225 cm³/mol. The molecule has 0 amide bonds. The van der Waals surface area contributed by atoms with E-state index in [1.165, 1.54) is 12.5 Å². The quantitative estimate of drug-likeness (QED) is 0.172. The van der Waals surface area contributed by atoms with Gasteiger partial charge >= 0.3 is 5.97 Å². The molecule has 14 nitrogen and oxygen atoms in total. The second-order valence-corrected chi connectivity index (χ2v) is 21.7. The van der Waals surface area contributed by atoms with E-state index < -0.39 is 90.1 Å². The van der Waals surface area contributed by atoms with Crippen molar-refractivity contribution in [2.24, 2.45) is 41.4 Å². The third-order valence-corrected chi connectivity index (χ3v) is 17.0. The first-order valence-electron chi connectivity index (χ1n) is 23.8. The van der Waals surface area contributed by atoms with Crippen molar-refractivity contribution in [3.05, 3.63) is 36.5 Å². The first-order valence-corrected chi connectivity index (χ1v) is 23.8. The van der Waals surface area contributed by atoms with Crippen molar-refractivity contribution in [2.45, 2.75) is 208 Å². The van der Waals surface area contributed by atoms with Crippen molar-refractivity contribution in [1.82, 2.24) is 5.32 Å². The second-order valence-electron chi connectivity index (χ2n) is 21.7. The highest BCUT2D eigenvalue weighted by atomic mass is 16.8. The number of aliphatic hydroxyl groups is 4. The number of hydrogen-bond donors (Lipinski definition) is 6. The molecule has 0 aromatic heterocycles. The molecule has 22 atom stereocenters. The van der Waals surface area contributed by atoms with Crippen LogP contribution in [0, 0.1) is 41.4 Å². The van der Waals surface area contributed by atoms with E-state index in [-0.39, 0.29) is 36.2 Å². The highest BCUT2D eigenvalue weighted by Gasteiger charge is 2.64. The molecule has 1 saturated carbocycles. The van der Waals surface area contributed by atoms with Gasteiger partial charge in [-0.1, -0.05) is 72.4 Å². The smallest absolute Gasteiger partial charge is 0.306 e. The monoisotopic (exact) mass is 872 g/mol. The van der Waals surface area contributed by atoms with Gasteiger partial charge < -0.3 is 64.0 Å². The van der Waals surface area contributed by atoms with E-state index in [1.54, 1.807) is 13.0 Å². The van der Waals surface area contributed by atoms with E-state index in [4.69, 9.17) is 38.3 Å². The minimum atomic E-state index is -2.16. The fraction of sp³-hybridized carbons (Fsp3) is 0.854. The number of carboxylic acid groups (broad SMARTS) is 1. The molecule has 1 unspecified atom stereocenters. The van der Waals surface area contributed by atoms with Gasteiger partial charge in [0.2, 0.25) is 0 Å². The van der Waals surface area contributed by atoms with Crippen LogP contribution in [0.3, 0.4) is 0 Å². The number of fused-ring (bicyclic) bond motifs is 5. The average molecular weight is 872 g/mol. The van der Waals surface area contributed by atoms with Gasteiger partial charge in [0.05, 0.1) is 61.4 Å². The Labute approximate surface area is 366 Å². The standard InChI is InChI=1S/C48H73NO13/c1-25-16-35-34-22-44(28(4)15-26(2)24-49-44)23-39(34)59-46(20-25,58-35)21-27(3)42-30(6)41(53)31(7)48(55,61-42)43(54)38-19-37-36(56-38)17-29(5)47(60-37)14-13-45(62-47)12-8-9-33(57-45)11-10-32(50)18-40(51)52/h8-11,25-26,28-39,41-43,49-50,53-55H,3,12-24H2,1-2,4-7H3,(H,51,52)/t25-,26+,28-,29+,30-,31+,32-,33+,34-,35+,36+,37+,38?,39+,41+,42+,43+,44+,45-,46+,47+,48+/m0/s1. The summed E-state index contributed by atoms with van der Waals surface area (Å²) in [6.07, 6.45) is 7.85. The molecule has 6 N–H and O–H groups in total. The highest BCUT2D eigenvalue weighted by Crippen LogP contribution is 2.57. The van der Waals surface area contributed by atoms with Crippen LogP contribution in [0.2, 0.25) is 0 Å². The van der Waals surface area contributed by atoms with Gasteiger partial charge in [0.25, 0.3) is 0 Å². The second kappa shape index (κ2) is 16.5. The summed E-state index contributed by atoms with van der Waals surface area (Å²) in [5, 5.41) is 59.3. The Morgan fingerprint density at radius 1 is 0.887 bits per heavy atom. The lowest BCUT2D eigenvalue weighted by molar-refractivity contribution is -0.368. The third kappa shape index (κ3) is 8.01. The summed E-state index contributed by atoms with van der Waals surface area (Å²) in [7, 11) is 0. The summed E-state index contributed by atoms with van der Waals surface area (Å²) in [5.41, 5.74) is 0.710. The summed E-state index contributed by atoms with van der Waals surface area (Å²) >= 11 is 0. The molecule has 0 radical (unpaired) electrons. The molecule has 0 aromatic rings. The van der Waals surface area contributed by atoms with Crippen molar-refractivity contribution in [2.75, 3.05) is 6.54 Å². The molecule has 14 heteroatoms. The molecule has 9 rings (SSSR count). The summed E-state index contributed by atoms with van der Waals surface area (Å²) in [6, 6.07) is 0. The van der Waals surface area contributed by atoms with Gasteiger partial charge in [0.15, 0.2) is 23.1 Å².